The van der Waals surface area contributed by atoms with Gasteiger partial charge in [0, 0.05) is 12.6 Å². The van der Waals surface area contributed by atoms with Crippen molar-refractivity contribution in [2.45, 2.75) is 32.4 Å². The summed E-state index contributed by atoms with van der Waals surface area (Å²) >= 11 is 0. The average molecular weight is 257 g/mol. The summed E-state index contributed by atoms with van der Waals surface area (Å²) in [6.07, 6.45) is 2.11. The molecule has 0 aromatic heterocycles. The second-order valence-corrected chi connectivity index (χ2v) is 4.80. The highest BCUT2D eigenvalue weighted by Crippen LogP contribution is 2.08. The standard InChI is InChI=1S/C17H20FN/c1-2-17(12-14-6-4-3-5-7-14)19-13-15-8-10-16(18)11-9-15/h3-11,17,19H,2,12-13H2,1H3. The highest BCUT2D eigenvalue weighted by atomic mass is 19.1. The van der Waals surface area contributed by atoms with Crippen LogP contribution in [0.25, 0.3) is 0 Å². The van der Waals surface area contributed by atoms with E-state index < -0.39 is 0 Å². The van der Waals surface area contributed by atoms with Crippen molar-refractivity contribution >= 4 is 0 Å². The summed E-state index contributed by atoms with van der Waals surface area (Å²) in [5.74, 6) is -0.180. The molecule has 2 aromatic rings. The fourth-order valence-electron chi connectivity index (χ4n) is 2.12. The Morgan fingerprint density at radius 2 is 1.63 bits per heavy atom. The van der Waals surface area contributed by atoms with E-state index in [1.165, 1.54) is 17.7 Å². The van der Waals surface area contributed by atoms with E-state index in [0.29, 0.717) is 6.04 Å². The lowest BCUT2D eigenvalue weighted by Gasteiger charge is -2.17. The lowest BCUT2D eigenvalue weighted by atomic mass is 10.0. The van der Waals surface area contributed by atoms with Crippen molar-refractivity contribution in [1.82, 2.24) is 5.32 Å². The van der Waals surface area contributed by atoms with E-state index >= 15 is 0 Å². The predicted octanol–water partition coefficient (Wildman–Crippen LogP) is 3.94. The van der Waals surface area contributed by atoms with Crippen molar-refractivity contribution in [2.24, 2.45) is 0 Å². The molecular weight excluding hydrogens is 237 g/mol. The Bertz CT molecular complexity index is 478. The fourth-order valence-corrected chi connectivity index (χ4v) is 2.12. The Morgan fingerprint density at radius 1 is 0.947 bits per heavy atom. The van der Waals surface area contributed by atoms with Crippen molar-refractivity contribution in [2.75, 3.05) is 0 Å². The van der Waals surface area contributed by atoms with Crippen LogP contribution in [0, 0.1) is 5.82 Å². The van der Waals surface area contributed by atoms with Gasteiger partial charge in [0.2, 0.25) is 0 Å². The molecule has 0 spiro atoms. The van der Waals surface area contributed by atoms with E-state index in [2.05, 4.69) is 36.5 Å². The Morgan fingerprint density at radius 3 is 2.26 bits per heavy atom. The maximum Gasteiger partial charge on any atom is 0.123 e. The molecule has 0 heterocycles. The van der Waals surface area contributed by atoms with Gasteiger partial charge in [-0.25, -0.2) is 4.39 Å². The molecule has 1 unspecified atom stereocenters. The third kappa shape index (κ3) is 4.49. The van der Waals surface area contributed by atoms with Crippen LogP contribution in [0.5, 0.6) is 0 Å². The summed E-state index contributed by atoms with van der Waals surface area (Å²) in [5, 5.41) is 3.53. The van der Waals surface area contributed by atoms with Crippen molar-refractivity contribution in [1.29, 1.82) is 0 Å². The number of halogens is 1. The molecule has 100 valence electrons. The molecule has 2 aromatic carbocycles. The van der Waals surface area contributed by atoms with Crippen LogP contribution in [-0.4, -0.2) is 6.04 Å². The van der Waals surface area contributed by atoms with Gasteiger partial charge in [0.15, 0.2) is 0 Å². The zero-order valence-electron chi connectivity index (χ0n) is 11.3. The number of benzene rings is 2. The first-order valence-corrected chi connectivity index (χ1v) is 6.79. The minimum atomic E-state index is -0.180. The lowest BCUT2D eigenvalue weighted by Crippen LogP contribution is -2.30. The summed E-state index contributed by atoms with van der Waals surface area (Å²) < 4.78 is 12.8. The van der Waals surface area contributed by atoms with E-state index in [-0.39, 0.29) is 5.82 Å². The van der Waals surface area contributed by atoms with Crippen LogP contribution in [-0.2, 0) is 13.0 Å². The SMILES string of the molecule is CCC(Cc1ccccc1)NCc1ccc(F)cc1. The van der Waals surface area contributed by atoms with Crippen LogP contribution >= 0.6 is 0 Å². The molecule has 1 atom stereocenters. The normalized spacial score (nSPS) is 12.3. The number of nitrogens with one attached hydrogen (secondary N) is 1. The molecule has 1 nitrogen and oxygen atoms in total. The van der Waals surface area contributed by atoms with Crippen LogP contribution in [0.2, 0.25) is 0 Å². The number of rotatable bonds is 6. The van der Waals surface area contributed by atoms with Gasteiger partial charge in [-0.2, -0.15) is 0 Å². The molecule has 0 bridgehead atoms. The first-order chi connectivity index (χ1) is 9.28. The van der Waals surface area contributed by atoms with Crippen LogP contribution < -0.4 is 5.32 Å². The molecule has 0 aliphatic carbocycles. The first kappa shape index (κ1) is 13.8. The molecule has 1 N–H and O–H groups in total. The Balaban J connectivity index is 1.87. The smallest absolute Gasteiger partial charge is 0.123 e. The zero-order valence-corrected chi connectivity index (χ0v) is 11.3. The van der Waals surface area contributed by atoms with E-state index in [1.807, 2.05) is 18.2 Å². The van der Waals surface area contributed by atoms with Crippen LogP contribution in [0.4, 0.5) is 4.39 Å². The summed E-state index contributed by atoms with van der Waals surface area (Å²) in [4.78, 5) is 0. The highest BCUT2D eigenvalue weighted by molar-refractivity contribution is 5.17. The summed E-state index contributed by atoms with van der Waals surface area (Å²) in [6, 6.07) is 17.6. The zero-order chi connectivity index (χ0) is 13.5. The second-order valence-electron chi connectivity index (χ2n) is 4.80. The van der Waals surface area contributed by atoms with Crippen molar-refractivity contribution in [3.63, 3.8) is 0 Å². The van der Waals surface area contributed by atoms with Crippen molar-refractivity contribution < 1.29 is 4.39 Å². The van der Waals surface area contributed by atoms with Gasteiger partial charge in [0.25, 0.3) is 0 Å². The van der Waals surface area contributed by atoms with Crippen LogP contribution in [0.15, 0.2) is 54.6 Å². The van der Waals surface area contributed by atoms with Crippen molar-refractivity contribution in [3.05, 3.63) is 71.5 Å². The molecule has 0 aliphatic rings. The van der Waals surface area contributed by atoms with Gasteiger partial charge in [-0.05, 0) is 36.1 Å². The first-order valence-electron chi connectivity index (χ1n) is 6.79. The topological polar surface area (TPSA) is 12.0 Å². The molecule has 0 aliphatic heterocycles. The van der Waals surface area contributed by atoms with E-state index in [0.717, 1.165) is 24.9 Å². The van der Waals surface area contributed by atoms with Gasteiger partial charge in [0.1, 0.15) is 5.82 Å². The maximum absolute atomic E-state index is 12.8. The third-order valence-electron chi connectivity index (χ3n) is 3.33. The molecule has 2 heteroatoms. The molecule has 0 saturated heterocycles. The fraction of sp³-hybridized carbons (Fsp3) is 0.294. The predicted molar refractivity (Wildman–Crippen MR) is 77.5 cm³/mol. The van der Waals surface area contributed by atoms with Gasteiger partial charge in [0.05, 0.1) is 0 Å². The van der Waals surface area contributed by atoms with Crippen LogP contribution in [0.1, 0.15) is 24.5 Å². The summed E-state index contributed by atoms with van der Waals surface area (Å²) in [5.41, 5.74) is 2.47. The van der Waals surface area contributed by atoms with E-state index in [4.69, 9.17) is 0 Å². The Kier molecular flexibility index (Phi) is 5.10. The van der Waals surface area contributed by atoms with Crippen LogP contribution in [0.3, 0.4) is 0 Å². The van der Waals surface area contributed by atoms with Crippen molar-refractivity contribution in [3.8, 4) is 0 Å². The molecule has 0 saturated carbocycles. The Labute approximate surface area is 114 Å². The largest absolute Gasteiger partial charge is 0.310 e. The quantitative estimate of drug-likeness (QED) is 0.826. The van der Waals surface area contributed by atoms with E-state index in [9.17, 15) is 4.39 Å². The minimum Gasteiger partial charge on any atom is -0.310 e. The summed E-state index contributed by atoms with van der Waals surface area (Å²) in [6.45, 7) is 2.97. The molecule has 2 rings (SSSR count). The van der Waals surface area contributed by atoms with Gasteiger partial charge >= 0.3 is 0 Å². The lowest BCUT2D eigenvalue weighted by molar-refractivity contribution is 0.494. The number of hydrogen-bond acceptors (Lipinski definition) is 1. The second kappa shape index (κ2) is 7.05. The average Bonchev–Trinajstić information content (AvgIpc) is 2.46. The Hall–Kier alpha value is -1.67. The van der Waals surface area contributed by atoms with E-state index in [1.54, 1.807) is 0 Å². The third-order valence-corrected chi connectivity index (χ3v) is 3.33. The monoisotopic (exact) mass is 257 g/mol. The van der Waals surface area contributed by atoms with Gasteiger partial charge < -0.3 is 5.32 Å². The van der Waals surface area contributed by atoms with Gasteiger partial charge in [-0.1, -0.05) is 49.4 Å². The minimum absolute atomic E-state index is 0.180. The molecule has 0 amide bonds. The molecule has 0 radical (unpaired) electrons. The molecule has 19 heavy (non-hydrogen) atoms. The molecular formula is C17H20FN. The maximum atomic E-state index is 12.8. The summed E-state index contributed by atoms with van der Waals surface area (Å²) in [7, 11) is 0. The molecule has 0 fully saturated rings. The number of hydrogen-bond donors (Lipinski definition) is 1. The highest BCUT2D eigenvalue weighted by Gasteiger charge is 2.06. The van der Waals surface area contributed by atoms with Gasteiger partial charge in [-0.15, -0.1) is 0 Å². The van der Waals surface area contributed by atoms with Gasteiger partial charge in [-0.3, -0.25) is 0 Å².